The van der Waals surface area contributed by atoms with Gasteiger partial charge in [-0.05, 0) is 19.4 Å². The molecule has 0 unspecified atom stereocenters. The first-order valence-electron chi connectivity index (χ1n) is 9.02. The molecule has 1 atom stereocenters. The molecule has 1 aromatic heterocycles. The van der Waals surface area contributed by atoms with E-state index in [0.717, 1.165) is 5.39 Å². The highest BCUT2D eigenvalue weighted by molar-refractivity contribution is 7.91. The maximum absolute atomic E-state index is 12.5. The van der Waals surface area contributed by atoms with Crippen LogP contribution in [0.4, 0.5) is 0 Å². The molecule has 1 aromatic carbocycles. The first-order chi connectivity index (χ1) is 13.4. The highest BCUT2D eigenvalue weighted by Crippen LogP contribution is 2.27. The summed E-state index contributed by atoms with van der Waals surface area (Å²) in [6.45, 7) is 1.79. The van der Waals surface area contributed by atoms with Gasteiger partial charge in [0.1, 0.15) is 5.58 Å². The maximum Gasteiger partial charge on any atom is 0.375 e. The number of likely N-dealkylation sites (N-methyl/N-ethyl adjacent to an activating group) is 1. The molecule has 0 N–H and O–H groups in total. The molecule has 9 heteroatoms. The summed E-state index contributed by atoms with van der Waals surface area (Å²) in [5.41, 5.74) is 1.09. The van der Waals surface area contributed by atoms with Gasteiger partial charge in [0.05, 0.1) is 18.1 Å². The fourth-order valence-corrected chi connectivity index (χ4v) is 5.22. The molecule has 1 saturated heterocycles. The summed E-state index contributed by atoms with van der Waals surface area (Å²) < 4.78 is 39.3. The third-order valence-electron chi connectivity index (χ3n) is 4.81. The van der Waals surface area contributed by atoms with Crippen LogP contribution >= 0.6 is 0 Å². The zero-order valence-corrected chi connectivity index (χ0v) is 16.7. The van der Waals surface area contributed by atoms with Gasteiger partial charge in [0.2, 0.25) is 5.76 Å². The van der Waals surface area contributed by atoms with E-state index in [4.69, 9.17) is 13.9 Å². The molecular formula is C19H23NO7S. The predicted molar refractivity (Wildman–Crippen MR) is 102 cm³/mol. The van der Waals surface area contributed by atoms with Crippen LogP contribution in [-0.2, 0) is 30.7 Å². The SMILES string of the molecule is CCN(C(=O)COC(=O)c1oc2ccccc2c1COC)[C@H]1CCS(=O)(=O)C1. The van der Waals surface area contributed by atoms with Gasteiger partial charge >= 0.3 is 5.97 Å². The molecular weight excluding hydrogens is 386 g/mol. The minimum absolute atomic E-state index is 0.00217. The van der Waals surface area contributed by atoms with E-state index in [0.29, 0.717) is 24.1 Å². The lowest BCUT2D eigenvalue weighted by Crippen LogP contribution is -2.43. The number of carbonyl (C=O) groups excluding carboxylic acids is 2. The molecule has 0 spiro atoms. The number of para-hydroxylation sites is 1. The number of rotatable bonds is 7. The number of benzene rings is 1. The third kappa shape index (κ3) is 4.20. The highest BCUT2D eigenvalue weighted by Gasteiger charge is 2.34. The molecule has 1 fully saturated rings. The topological polar surface area (TPSA) is 103 Å². The highest BCUT2D eigenvalue weighted by atomic mass is 32.2. The van der Waals surface area contributed by atoms with Gasteiger partial charge in [-0.3, -0.25) is 4.79 Å². The van der Waals surface area contributed by atoms with Gasteiger partial charge < -0.3 is 18.8 Å². The number of esters is 1. The number of fused-ring (bicyclic) bond motifs is 1. The molecule has 0 aliphatic carbocycles. The van der Waals surface area contributed by atoms with Gasteiger partial charge in [-0.15, -0.1) is 0 Å². The normalized spacial score (nSPS) is 18.3. The fourth-order valence-electron chi connectivity index (χ4n) is 3.49. The number of nitrogens with zero attached hydrogens (tertiary/aromatic N) is 1. The average Bonchev–Trinajstić information content (AvgIpc) is 3.21. The van der Waals surface area contributed by atoms with Crippen molar-refractivity contribution in [2.75, 3.05) is 31.8 Å². The largest absolute Gasteiger partial charge is 0.450 e. The molecule has 0 saturated carbocycles. The van der Waals surface area contributed by atoms with Crippen LogP contribution in [-0.4, -0.2) is 63.0 Å². The monoisotopic (exact) mass is 409 g/mol. The Morgan fingerprint density at radius 1 is 1.29 bits per heavy atom. The Kier molecular flexibility index (Phi) is 6.04. The van der Waals surface area contributed by atoms with Crippen LogP contribution in [0.5, 0.6) is 0 Å². The Hall–Kier alpha value is -2.39. The van der Waals surface area contributed by atoms with Crippen LogP contribution in [0.3, 0.4) is 0 Å². The number of ether oxygens (including phenoxy) is 2. The number of carbonyl (C=O) groups is 2. The Morgan fingerprint density at radius 3 is 2.68 bits per heavy atom. The molecule has 1 amide bonds. The molecule has 1 aliphatic heterocycles. The maximum atomic E-state index is 12.5. The number of sulfone groups is 1. The number of methoxy groups -OCH3 is 1. The number of hydrogen-bond donors (Lipinski definition) is 0. The zero-order chi connectivity index (χ0) is 20.3. The lowest BCUT2D eigenvalue weighted by atomic mass is 10.1. The van der Waals surface area contributed by atoms with Crippen molar-refractivity contribution in [3.63, 3.8) is 0 Å². The van der Waals surface area contributed by atoms with E-state index in [1.807, 2.05) is 12.1 Å². The second-order valence-electron chi connectivity index (χ2n) is 6.65. The van der Waals surface area contributed by atoms with Gasteiger partial charge in [0.15, 0.2) is 16.4 Å². The van der Waals surface area contributed by atoms with Gasteiger partial charge in [-0.25, -0.2) is 13.2 Å². The summed E-state index contributed by atoms with van der Waals surface area (Å²) in [6, 6.07) is 6.78. The van der Waals surface area contributed by atoms with Crippen LogP contribution in [0.1, 0.15) is 29.5 Å². The van der Waals surface area contributed by atoms with E-state index >= 15 is 0 Å². The molecule has 28 heavy (non-hydrogen) atoms. The molecule has 0 bridgehead atoms. The van der Waals surface area contributed by atoms with E-state index in [1.54, 1.807) is 19.1 Å². The summed E-state index contributed by atoms with van der Waals surface area (Å²) in [6.07, 6.45) is 0.400. The van der Waals surface area contributed by atoms with Gasteiger partial charge in [-0.1, -0.05) is 18.2 Å². The van der Waals surface area contributed by atoms with E-state index < -0.39 is 28.3 Å². The first kappa shape index (κ1) is 20.3. The van der Waals surface area contributed by atoms with Crippen molar-refractivity contribution in [3.05, 3.63) is 35.6 Å². The van der Waals surface area contributed by atoms with Crippen LogP contribution in [0, 0.1) is 0 Å². The molecule has 2 heterocycles. The minimum atomic E-state index is -3.12. The summed E-state index contributed by atoms with van der Waals surface area (Å²) in [4.78, 5) is 26.5. The lowest BCUT2D eigenvalue weighted by Gasteiger charge is -2.26. The van der Waals surface area contributed by atoms with E-state index in [1.165, 1.54) is 12.0 Å². The van der Waals surface area contributed by atoms with Crippen molar-refractivity contribution in [2.45, 2.75) is 26.0 Å². The molecule has 1 aliphatic rings. The number of furan rings is 1. The summed E-state index contributed by atoms with van der Waals surface area (Å²) in [5.74, 6) is -1.17. The Bertz CT molecular complexity index is 979. The summed E-state index contributed by atoms with van der Waals surface area (Å²) in [5, 5.41) is 0.744. The molecule has 2 aromatic rings. The Morgan fingerprint density at radius 2 is 2.04 bits per heavy atom. The first-order valence-corrected chi connectivity index (χ1v) is 10.8. The van der Waals surface area contributed by atoms with Crippen molar-refractivity contribution >= 4 is 32.7 Å². The second-order valence-corrected chi connectivity index (χ2v) is 8.88. The average molecular weight is 409 g/mol. The van der Waals surface area contributed by atoms with Gasteiger partial charge in [-0.2, -0.15) is 0 Å². The minimum Gasteiger partial charge on any atom is -0.450 e. The molecule has 8 nitrogen and oxygen atoms in total. The molecule has 0 radical (unpaired) electrons. The zero-order valence-electron chi connectivity index (χ0n) is 15.8. The molecule has 152 valence electrons. The summed E-state index contributed by atoms with van der Waals surface area (Å²) in [7, 11) is -1.61. The Labute approximate surface area is 163 Å². The summed E-state index contributed by atoms with van der Waals surface area (Å²) >= 11 is 0. The second kappa shape index (κ2) is 8.32. The van der Waals surface area contributed by atoms with Crippen molar-refractivity contribution in [3.8, 4) is 0 Å². The third-order valence-corrected chi connectivity index (χ3v) is 6.56. The van der Waals surface area contributed by atoms with Crippen LogP contribution in [0.15, 0.2) is 28.7 Å². The number of amides is 1. The number of hydrogen-bond acceptors (Lipinski definition) is 7. The van der Waals surface area contributed by atoms with Crippen LogP contribution in [0.25, 0.3) is 11.0 Å². The van der Waals surface area contributed by atoms with Crippen molar-refractivity contribution in [1.29, 1.82) is 0 Å². The fraction of sp³-hybridized carbons (Fsp3) is 0.474. The standard InChI is InChI=1S/C19H23NO7S/c1-3-20(13-8-9-28(23,24)12-13)17(21)11-26-19(22)18-15(10-25-2)14-6-4-5-7-16(14)27-18/h4-7,13H,3,8-12H2,1-2H3/t13-/m0/s1. The quantitative estimate of drug-likeness (QED) is 0.642. The van der Waals surface area contributed by atoms with Crippen molar-refractivity contribution < 1.29 is 31.9 Å². The van der Waals surface area contributed by atoms with Crippen LogP contribution < -0.4 is 0 Å². The van der Waals surface area contributed by atoms with E-state index in [2.05, 4.69) is 0 Å². The van der Waals surface area contributed by atoms with Gasteiger partial charge in [0.25, 0.3) is 5.91 Å². The van der Waals surface area contributed by atoms with Crippen molar-refractivity contribution in [1.82, 2.24) is 4.90 Å². The van der Waals surface area contributed by atoms with Crippen LogP contribution in [0.2, 0.25) is 0 Å². The predicted octanol–water partition coefficient (Wildman–Crippen LogP) is 1.77. The van der Waals surface area contributed by atoms with E-state index in [9.17, 15) is 18.0 Å². The lowest BCUT2D eigenvalue weighted by molar-refractivity contribution is -0.136. The Balaban J connectivity index is 1.70. The van der Waals surface area contributed by atoms with Gasteiger partial charge in [0, 0.05) is 30.6 Å². The molecule has 3 rings (SSSR count). The van der Waals surface area contributed by atoms with Crippen molar-refractivity contribution in [2.24, 2.45) is 0 Å². The smallest absolute Gasteiger partial charge is 0.375 e. The van der Waals surface area contributed by atoms with E-state index in [-0.39, 0.29) is 29.9 Å².